The number of halogens is 3. The lowest BCUT2D eigenvalue weighted by atomic mass is 10.1. The van der Waals surface area contributed by atoms with Crippen LogP contribution in [0.2, 0.25) is 0 Å². The van der Waals surface area contributed by atoms with Gasteiger partial charge in [0.2, 0.25) is 0 Å². The molecule has 110 valence electrons. The van der Waals surface area contributed by atoms with Crippen LogP contribution in [0.15, 0.2) is 0 Å². The Labute approximate surface area is 107 Å². The zero-order valence-corrected chi connectivity index (χ0v) is 11.7. The zero-order chi connectivity index (χ0) is 14.2. The molecule has 18 heavy (non-hydrogen) atoms. The van der Waals surface area contributed by atoms with E-state index in [1.54, 1.807) is 4.72 Å². The second-order valence-corrected chi connectivity index (χ2v) is 6.23. The maximum Gasteiger partial charge on any atom is 0.511 e. The molecule has 0 saturated carbocycles. The molecule has 0 aliphatic rings. The van der Waals surface area contributed by atoms with Gasteiger partial charge in [-0.25, -0.2) is 13.1 Å². The summed E-state index contributed by atoms with van der Waals surface area (Å²) >= 11 is 0. The highest BCUT2D eigenvalue weighted by molar-refractivity contribution is 7.90. The number of alkyl halides is 3. The van der Waals surface area contributed by atoms with Crippen LogP contribution >= 0.6 is 0 Å². The highest BCUT2D eigenvalue weighted by Crippen LogP contribution is 2.22. The van der Waals surface area contributed by atoms with Gasteiger partial charge in [-0.05, 0) is 13.3 Å². The Hall–Kier alpha value is -0.300. The SMILES string of the molecule is CCCCCCCCC(C)NS(=O)(=O)C(F)(F)F. The summed E-state index contributed by atoms with van der Waals surface area (Å²) in [5.74, 6) is 0. The van der Waals surface area contributed by atoms with Crippen molar-refractivity contribution in [1.82, 2.24) is 4.72 Å². The van der Waals surface area contributed by atoms with Gasteiger partial charge in [0, 0.05) is 6.04 Å². The van der Waals surface area contributed by atoms with Crippen molar-refractivity contribution in [3.8, 4) is 0 Å². The first kappa shape index (κ1) is 17.7. The highest BCUT2D eigenvalue weighted by Gasteiger charge is 2.46. The van der Waals surface area contributed by atoms with Crippen LogP contribution in [0.5, 0.6) is 0 Å². The first-order chi connectivity index (χ1) is 8.20. The van der Waals surface area contributed by atoms with Gasteiger partial charge in [0.1, 0.15) is 0 Å². The van der Waals surface area contributed by atoms with Crippen molar-refractivity contribution in [2.75, 3.05) is 0 Å². The maximum atomic E-state index is 12.1. The van der Waals surface area contributed by atoms with E-state index in [2.05, 4.69) is 6.92 Å². The molecule has 0 amide bonds. The van der Waals surface area contributed by atoms with Crippen molar-refractivity contribution >= 4 is 10.0 Å². The van der Waals surface area contributed by atoms with Gasteiger partial charge < -0.3 is 0 Å². The minimum Gasteiger partial charge on any atom is -0.205 e. The van der Waals surface area contributed by atoms with Crippen LogP contribution in [-0.2, 0) is 10.0 Å². The summed E-state index contributed by atoms with van der Waals surface area (Å²) in [7, 11) is -5.20. The fourth-order valence-electron chi connectivity index (χ4n) is 1.62. The van der Waals surface area contributed by atoms with Gasteiger partial charge >= 0.3 is 15.5 Å². The van der Waals surface area contributed by atoms with Gasteiger partial charge in [-0.15, -0.1) is 0 Å². The van der Waals surface area contributed by atoms with E-state index in [1.165, 1.54) is 6.92 Å². The smallest absolute Gasteiger partial charge is 0.205 e. The van der Waals surface area contributed by atoms with Crippen LogP contribution in [0.4, 0.5) is 13.2 Å². The van der Waals surface area contributed by atoms with E-state index in [1.807, 2.05) is 0 Å². The predicted octanol–water partition coefficient (Wildman–Crippen LogP) is 3.56. The Morgan fingerprint density at radius 1 is 1.06 bits per heavy atom. The summed E-state index contributed by atoms with van der Waals surface area (Å²) in [6, 6.07) is -0.678. The molecule has 0 fully saturated rings. The molecule has 0 saturated heterocycles. The Balaban J connectivity index is 3.82. The molecular formula is C11H22F3NO2S. The molecule has 0 bridgehead atoms. The third kappa shape index (κ3) is 7.20. The molecule has 7 heteroatoms. The highest BCUT2D eigenvalue weighted by atomic mass is 32.2. The van der Waals surface area contributed by atoms with Gasteiger partial charge in [0.25, 0.3) is 0 Å². The summed E-state index contributed by atoms with van der Waals surface area (Å²) in [6.07, 6.45) is 6.58. The van der Waals surface area contributed by atoms with Gasteiger partial charge in [-0.1, -0.05) is 45.4 Å². The number of unbranched alkanes of at least 4 members (excludes halogenated alkanes) is 5. The lowest BCUT2D eigenvalue weighted by Crippen LogP contribution is -2.41. The molecule has 0 radical (unpaired) electrons. The molecular weight excluding hydrogens is 267 g/mol. The number of hydrogen-bond acceptors (Lipinski definition) is 2. The molecule has 0 aromatic rings. The molecule has 1 atom stereocenters. The van der Waals surface area contributed by atoms with Crippen LogP contribution in [0.3, 0.4) is 0 Å². The van der Waals surface area contributed by atoms with Crippen molar-refractivity contribution in [2.24, 2.45) is 0 Å². The molecule has 0 aromatic carbocycles. The van der Waals surface area contributed by atoms with E-state index in [-0.39, 0.29) is 0 Å². The minimum absolute atomic E-state index is 0.432. The molecule has 3 nitrogen and oxygen atoms in total. The van der Waals surface area contributed by atoms with E-state index >= 15 is 0 Å². The quantitative estimate of drug-likeness (QED) is 0.660. The Morgan fingerprint density at radius 3 is 2.06 bits per heavy atom. The maximum absolute atomic E-state index is 12.1. The molecule has 0 aliphatic heterocycles. The van der Waals surface area contributed by atoms with Crippen LogP contribution in [0.1, 0.15) is 58.8 Å². The molecule has 0 aliphatic carbocycles. The first-order valence-electron chi connectivity index (χ1n) is 6.29. The number of hydrogen-bond donors (Lipinski definition) is 1. The minimum atomic E-state index is -5.22. The molecule has 0 spiro atoms. The Bertz CT molecular complexity index is 315. The Morgan fingerprint density at radius 2 is 1.56 bits per heavy atom. The van der Waals surface area contributed by atoms with Crippen molar-refractivity contribution in [3.63, 3.8) is 0 Å². The van der Waals surface area contributed by atoms with Gasteiger partial charge in [-0.2, -0.15) is 13.2 Å². The molecule has 1 N–H and O–H groups in total. The van der Waals surface area contributed by atoms with E-state index in [0.29, 0.717) is 6.42 Å². The van der Waals surface area contributed by atoms with Gasteiger partial charge in [0.15, 0.2) is 0 Å². The van der Waals surface area contributed by atoms with Crippen LogP contribution in [-0.4, -0.2) is 20.0 Å². The van der Waals surface area contributed by atoms with Crippen molar-refractivity contribution in [2.45, 2.75) is 70.3 Å². The average molecular weight is 289 g/mol. The predicted molar refractivity (Wildman–Crippen MR) is 65.6 cm³/mol. The first-order valence-corrected chi connectivity index (χ1v) is 7.77. The van der Waals surface area contributed by atoms with E-state index in [9.17, 15) is 21.6 Å². The summed E-state index contributed by atoms with van der Waals surface area (Å²) < 4.78 is 59.5. The van der Waals surface area contributed by atoms with Crippen molar-refractivity contribution < 1.29 is 21.6 Å². The van der Waals surface area contributed by atoms with Gasteiger partial charge in [-0.3, -0.25) is 0 Å². The molecule has 0 heterocycles. The van der Waals surface area contributed by atoms with E-state index in [0.717, 1.165) is 38.5 Å². The van der Waals surface area contributed by atoms with Crippen LogP contribution in [0.25, 0.3) is 0 Å². The topological polar surface area (TPSA) is 46.2 Å². The summed E-state index contributed by atoms with van der Waals surface area (Å²) in [4.78, 5) is 0. The number of nitrogens with one attached hydrogen (secondary N) is 1. The monoisotopic (exact) mass is 289 g/mol. The standard InChI is InChI=1S/C11H22F3NO2S/c1-3-4-5-6-7-8-9-10(2)15-18(16,17)11(12,13)14/h10,15H,3-9H2,1-2H3. The second kappa shape index (κ2) is 7.99. The second-order valence-electron chi connectivity index (χ2n) is 4.52. The molecule has 0 rings (SSSR count). The van der Waals surface area contributed by atoms with Crippen molar-refractivity contribution in [1.29, 1.82) is 0 Å². The lowest BCUT2D eigenvalue weighted by molar-refractivity contribution is -0.0450. The Kier molecular flexibility index (Phi) is 7.86. The van der Waals surface area contributed by atoms with Crippen LogP contribution in [0, 0.1) is 0 Å². The third-order valence-corrected chi connectivity index (χ3v) is 3.97. The van der Waals surface area contributed by atoms with Crippen molar-refractivity contribution in [3.05, 3.63) is 0 Å². The zero-order valence-electron chi connectivity index (χ0n) is 10.9. The fourth-order valence-corrected chi connectivity index (χ4v) is 2.40. The third-order valence-electron chi connectivity index (χ3n) is 2.65. The fraction of sp³-hybridized carbons (Fsp3) is 1.00. The normalized spacial score (nSPS) is 14.7. The summed E-state index contributed by atoms with van der Waals surface area (Å²) in [5, 5.41) is 0. The summed E-state index contributed by atoms with van der Waals surface area (Å²) in [6.45, 7) is 3.56. The average Bonchev–Trinajstić information content (AvgIpc) is 2.20. The largest absolute Gasteiger partial charge is 0.511 e. The van der Waals surface area contributed by atoms with E-state index in [4.69, 9.17) is 0 Å². The number of sulfonamides is 1. The van der Waals surface area contributed by atoms with Crippen LogP contribution < -0.4 is 4.72 Å². The molecule has 1 unspecified atom stereocenters. The van der Waals surface area contributed by atoms with Gasteiger partial charge in [0.05, 0.1) is 0 Å². The van der Waals surface area contributed by atoms with E-state index < -0.39 is 21.6 Å². The summed E-state index contributed by atoms with van der Waals surface area (Å²) in [5.41, 5.74) is -5.22. The number of rotatable bonds is 9. The molecule has 0 aromatic heterocycles. The lowest BCUT2D eigenvalue weighted by Gasteiger charge is -2.15.